The second kappa shape index (κ2) is 6.52. The molecular weight excluding hydrogens is 252 g/mol. The van der Waals surface area contributed by atoms with Gasteiger partial charge in [0.05, 0.1) is 16.9 Å². The number of primary amides is 1. The molecule has 2 rings (SSSR count). The standard InChI is InChI=1S/C15H22N4O/c1-10-9-13(14(15(16)20)11(2)19-10)18-8-5-12-3-6-17-7-4-12/h3,9,17H,4-8H2,1-2H3,(H2,16,20)(H,18,19). The lowest BCUT2D eigenvalue weighted by molar-refractivity contribution is 0.1000. The molecule has 0 saturated heterocycles. The first kappa shape index (κ1) is 14.5. The van der Waals surface area contributed by atoms with Gasteiger partial charge in [-0.2, -0.15) is 0 Å². The lowest BCUT2D eigenvalue weighted by atomic mass is 10.1. The highest BCUT2D eigenvalue weighted by atomic mass is 16.1. The Kier molecular flexibility index (Phi) is 4.74. The van der Waals surface area contributed by atoms with Crippen LogP contribution in [0.3, 0.4) is 0 Å². The minimum atomic E-state index is -0.432. The molecule has 0 unspecified atom stereocenters. The van der Waals surface area contributed by atoms with E-state index < -0.39 is 5.91 Å². The number of aryl methyl sites for hydroxylation is 2. The highest BCUT2D eigenvalue weighted by molar-refractivity contribution is 5.99. The summed E-state index contributed by atoms with van der Waals surface area (Å²) in [4.78, 5) is 15.8. The molecule has 1 aliphatic rings. The van der Waals surface area contributed by atoms with E-state index in [9.17, 15) is 4.79 Å². The smallest absolute Gasteiger partial charge is 0.252 e. The summed E-state index contributed by atoms with van der Waals surface area (Å²) in [6, 6.07) is 1.88. The Morgan fingerprint density at radius 2 is 2.30 bits per heavy atom. The van der Waals surface area contributed by atoms with Crippen molar-refractivity contribution in [3.05, 3.63) is 34.7 Å². The number of aromatic nitrogens is 1. The molecule has 1 aromatic heterocycles. The van der Waals surface area contributed by atoms with E-state index in [0.29, 0.717) is 11.3 Å². The van der Waals surface area contributed by atoms with Crippen molar-refractivity contribution in [1.29, 1.82) is 0 Å². The van der Waals surface area contributed by atoms with E-state index >= 15 is 0 Å². The first-order chi connectivity index (χ1) is 9.58. The number of nitrogens with zero attached hydrogens (tertiary/aromatic N) is 1. The van der Waals surface area contributed by atoms with E-state index in [1.807, 2.05) is 19.9 Å². The van der Waals surface area contributed by atoms with Gasteiger partial charge >= 0.3 is 0 Å². The van der Waals surface area contributed by atoms with Crippen molar-refractivity contribution in [3.8, 4) is 0 Å². The molecule has 5 heteroatoms. The van der Waals surface area contributed by atoms with E-state index in [1.54, 1.807) is 0 Å². The van der Waals surface area contributed by atoms with Gasteiger partial charge in [0.1, 0.15) is 0 Å². The normalized spacial score (nSPS) is 14.8. The fraction of sp³-hybridized carbons (Fsp3) is 0.467. The number of rotatable bonds is 5. The van der Waals surface area contributed by atoms with Gasteiger partial charge in [-0.25, -0.2) is 0 Å². The molecule has 0 aliphatic carbocycles. The Bertz CT molecular complexity index is 537. The van der Waals surface area contributed by atoms with Gasteiger partial charge in [0.25, 0.3) is 5.91 Å². The van der Waals surface area contributed by atoms with Crippen LogP contribution in [0.15, 0.2) is 17.7 Å². The van der Waals surface area contributed by atoms with Crippen molar-refractivity contribution in [1.82, 2.24) is 10.3 Å². The minimum absolute atomic E-state index is 0.432. The van der Waals surface area contributed by atoms with Gasteiger partial charge in [0.15, 0.2) is 0 Å². The molecule has 2 heterocycles. The number of anilines is 1. The van der Waals surface area contributed by atoms with Crippen LogP contribution in [0.5, 0.6) is 0 Å². The number of hydrogen-bond acceptors (Lipinski definition) is 4. The fourth-order valence-electron chi connectivity index (χ4n) is 2.53. The van der Waals surface area contributed by atoms with E-state index in [4.69, 9.17) is 5.73 Å². The summed E-state index contributed by atoms with van der Waals surface area (Å²) in [5, 5.41) is 6.62. The van der Waals surface area contributed by atoms with Crippen LogP contribution in [0.4, 0.5) is 5.69 Å². The third-order valence-corrected chi connectivity index (χ3v) is 3.49. The van der Waals surface area contributed by atoms with Crippen molar-refractivity contribution in [2.75, 3.05) is 25.0 Å². The first-order valence-corrected chi connectivity index (χ1v) is 6.98. The third-order valence-electron chi connectivity index (χ3n) is 3.49. The SMILES string of the molecule is Cc1cc(NCCC2=CCNCC2)c(C(N)=O)c(C)n1. The van der Waals surface area contributed by atoms with Crippen molar-refractivity contribution in [3.63, 3.8) is 0 Å². The molecule has 20 heavy (non-hydrogen) atoms. The van der Waals surface area contributed by atoms with Gasteiger partial charge in [-0.1, -0.05) is 11.6 Å². The maximum atomic E-state index is 11.5. The quantitative estimate of drug-likeness (QED) is 0.711. The summed E-state index contributed by atoms with van der Waals surface area (Å²) in [6.45, 7) is 6.53. The molecule has 0 aromatic carbocycles. The van der Waals surface area contributed by atoms with Gasteiger partial charge in [0.2, 0.25) is 0 Å². The van der Waals surface area contributed by atoms with E-state index in [2.05, 4.69) is 21.7 Å². The number of nitrogens with two attached hydrogens (primary N) is 1. The average Bonchev–Trinajstić information content (AvgIpc) is 2.38. The van der Waals surface area contributed by atoms with E-state index in [0.717, 1.165) is 43.9 Å². The summed E-state index contributed by atoms with van der Waals surface area (Å²) >= 11 is 0. The number of hydrogen-bond donors (Lipinski definition) is 3. The molecule has 4 N–H and O–H groups in total. The van der Waals surface area contributed by atoms with Crippen LogP contribution < -0.4 is 16.4 Å². The molecule has 5 nitrogen and oxygen atoms in total. The van der Waals surface area contributed by atoms with Crippen LogP contribution in [-0.4, -0.2) is 30.5 Å². The molecule has 0 saturated carbocycles. The fourth-order valence-corrected chi connectivity index (χ4v) is 2.53. The molecule has 0 radical (unpaired) electrons. The third kappa shape index (κ3) is 3.57. The van der Waals surface area contributed by atoms with Crippen LogP contribution in [0.1, 0.15) is 34.6 Å². The van der Waals surface area contributed by atoms with Gasteiger partial charge < -0.3 is 16.4 Å². The second-order valence-corrected chi connectivity index (χ2v) is 5.13. The topological polar surface area (TPSA) is 80.0 Å². The molecule has 0 bridgehead atoms. The molecule has 1 aromatic rings. The minimum Gasteiger partial charge on any atom is -0.384 e. The molecule has 0 spiro atoms. The van der Waals surface area contributed by atoms with Crippen LogP contribution in [0, 0.1) is 13.8 Å². The molecule has 1 aliphatic heterocycles. The van der Waals surface area contributed by atoms with Crippen molar-refractivity contribution in [2.45, 2.75) is 26.7 Å². The highest BCUT2D eigenvalue weighted by Gasteiger charge is 2.13. The number of nitrogens with one attached hydrogen (secondary N) is 2. The highest BCUT2D eigenvalue weighted by Crippen LogP contribution is 2.20. The van der Waals surface area contributed by atoms with Gasteiger partial charge in [-0.05, 0) is 39.3 Å². The molecular formula is C15H22N4O. The molecule has 0 atom stereocenters. The number of carbonyl (C=O) groups is 1. The predicted molar refractivity (Wildman–Crippen MR) is 80.9 cm³/mol. The Morgan fingerprint density at radius 3 is 2.95 bits per heavy atom. The van der Waals surface area contributed by atoms with Crippen molar-refractivity contribution >= 4 is 11.6 Å². The maximum Gasteiger partial charge on any atom is 0.252 e. The summed E-state index contributed by atoms with van der Waals surface area (Å²) in [7, 11) is 0. The van der Waals surface area contributed by atoms with Crippen LogP contribution in [0.25, 0.3) is 0 Å². The molecule has 1 amide bonds. The number of pyridine rings is 1. The lowest BCUT2D eigenvalue weighted by Gasteiger charge is -2.16. The van der Waals surface area contributed by atoms with Gasteiger partial charge in [-0.15, -0.1) is 0 Å². The molecule has 108 valence electrons. The first-order valence-electron chi connectivity index (χ1n) is 6.98. The zero-order chi connectivity index (χ0) is 14.5. The Labute approximate surface area is 119 Å². The predicted octanol–water partition coefficient (Wildman–Crippen LogP) is 1.52. The maximum absolute atomic E-state index is 11.5. The second-order valence-electron chi connectivity index (χ2n) is 5.13. The summed E-state index contributed by atoms with van der Waals surface area (Å²) in [5.41, 5.74) is 9.75. The Balaban J connectivity index is 2.05. The summed E-state index contributed by atoms with van der Waals surface area (Å²) < 4.78 is 0. The Morgan fingerprint density at radius 1 is 1.50 bits per heavy atom. The largest absolute Gasteiger partial charge is 0.384 e. The van der Waals surface area contributed by atoms with Crippen molar-refractivity contribution in [2.24, 2.45) is 5.73 Å². The van der Waals surface area contributed by atoms with Gasteiger partial charge in [-0.3, -0.25) is 9.78 Å². The average molecular weight is 274 g/mol. The van der Waals surface area contributed by atoms with E-state index in [-0.39, 0.29) is 0 Å². The lowest BCUT2D eigenvalue weighted by Crippen LogP contribution is -2.22. The van der Waals surface area contributed by atoms with Gasteiger partial charge in [0, 0.05) is 18.8 Å². The summed E-state index contributed by atoms with van der Waals surface area (Å²) in [6.07, 6.45) is 4.32. The number of carbonyl (C=O) groups excluding carboxylic acids is 1. The van der Waals surface area contributed by atoms with Crippen LogP contribution in [0.2, 0.25) is 0 Å². The zero-order valence-corrected chi connectivity index (χ0v) is 12.1. The summed E-state index contributed by atoms with van der Waals surface area (Å²) in [5.74, 6) is -0.432. The van der Waals surface area contributed by atoms with E-state index in [1.165, 1.54) is 5.57 Å². The monoisotopic (exact) mass is 274 g/mol. The Hall–Kier alpha value is -1.88. The zero-order valence-electron chi connectivity index (χ0n) is 12.1. The van der Waals surface area contributed by atoms with Crippen LogP contribution >= 0.6 is 0 Å². The molecule has 0 fully saturated rings. The number of amides is 1. The van der Waals surface area contributed by atoms with Crippen molar-refractivity contribution < 1.29 is 4.79 Å². The van der Waals surface area contributed by atoms with Crippen LogP contribution in [-0.2, 0) is 0 Å².